The summed E-state index contributed by atoms with van der Waals surface area (Å²) in [7, 11) is 1.36. The van der Waals surface area contributed by atoms with Crippen LogP contribution in [0.15, 0.2) is 18.2 Å². The van der Waals surface area contributed by atoms with Crippen molar-refractivity contribution in [2.75, 3.05) is 53.4 Å². The van der Waals surface area contributed by atoms with E-state index in [1.807, 2.05) is 12.1 Å². The summed E-state index contributed by atoms with van der Waals surface area (Å²) in [5, 5.41) is 0. The quantitative estimate of drug-likeness (QED) is 0.105. The number of aryl methyl sites for hydroxylation is 1. The first kappa shape index (κ1) is 29.5. The van der Waals surface area contributed by atoms with Crippen molar-refractivity contribution in [1.29, 1.82) is 0 Å². The maximum absolute atomic E-state index is 12.2. The van der Waals surface area contributed by atoms with Gasteiger partial charge in [0.15, 0.2) is 12.0 Å². The molecule has 0 amide bonds. The lowest BCUT2D eigenvalue weighted by Gasteiger charge is -2.22. The predicted molar refractivity (Wildman–Crippen MR) is 133 cm³/mol. The smallest absolute Gasteiger partial charge is 0.341 e. The van der Waals surface area contributed by atoms with Crippen LogP contribution in [0.5, 0.6) is 5.75 Å². The molecule has 1 aromatic rings. The van der Waals surface area contributed by atoms with Crippen molar-refractivity contribution in [2.24, 2.45) is 0 Å². The first-order valence-electron chi connectivity index (χ1n) is 13.1. The number of rotatable bonds is 20. The van der Waals surface area contributed by atoms with Crippen molar-refractivity contribution in [3.05, 3.63) is 29.3 Å². The molecule has 1 fully saturated rings. The molecular weight excluding hydrogens is 452 g/mol. The Bertz CT molecular complexity index is 675. The number of hydrogen-bond acceptors (Lipinski definition) is 8. The zero-order valence-electron chi connectivity index (χ0n) is 21.6. The van der Waals surface area contributed by atoms with E-state index in [1.54, 1.807) is 6.07 Å². The van der Waals surface area contributed by atoms with Gasteiger partial charge in [0.05, 0.1) is 40.1 Å². The van der Waals surface area contributed by atoms with Gasteiger partial charge in [-0.15, -0.1) is 0 Å². The van der Waals surface area contributed by atoms with E-state index in [2.05, 4.69) is 6.92 Å². The van der Waals surface area contributed by atoms with Gasteiger partial charge in [-0.25, -0.2) is 4.79 Å². The Morgan fingerprint density at radius 1 is 0.943 bits per heavy atom. The van der Waals surface area contributed by atoms with Gasteiger partial charge in [0, 0.05) is 6.61 Å². The SMILES string of the molecule is CCCCCCCCc1ccc(OOCCOCCOCCOC2CCCCO2)c(C(=O)OC)c1. The van der Waals surface area contributed by atoms with Crippen molar-refractivity contribution in [1.82, 2.24) is 0 Å². The molecule has 200 valence electrons. The summed E-state index contributed by atoms with van der Waals surface area (Å²) >= 11 is 0. The van der Waals surface area contributed by atoms with Crippen LogP contribution >= 0.6 is 0 Å². The van der Waals surface area contributed by atoms with Gasteiger partial charge in [0.1, 0.15) is 12.2 Å². The second-order valence-electron chi connectivity index (χ2n) is 8.64. The molecule has 1 saturated heterocycles. The Kier molecular flexibility index (Phi) is 16.4. The van der Waals surface area contributed by atoms with Crippen LogP contribution in [0.1, 0.15) is 80.6 Å². The van der Waals surface area contributed by atoms with Gasteiger partial charge in [-0.05, 0) is 49.8 Å². The number of unbranched alkanes of at least 4 members (excludes halogenated alkanes) is 5. The molecule has 1 aliphatic heterocycles. The number of hydrogen-bond donors (Lipinski definition) is 0. The van der Waals surface area contributed by atoms with Crippen molar-refractivity contribution >= 4 is 5.97 Å². The summed E-state index contributed by atoms with van der Waals surface area (Å²) in [6.45, 7) is 5.51. The van der Waals surface area contributed by atoms with Crippen LogP contribution in [-0.2, 0) is 35.0 Å². The molecule has 0 radical (unpaired) electrons. The minimum absolute atomic E-state index is 0.0861. The van der Waals surface area contributed by atoms with Crippen molar-refractivity contribution in [3.8, 4) is 5.75 Å². The molecule has 0 aromatic heterocycles. The molecule has 8 nitrogen and oxygen atoms in total. The number of esters is 1. The summed E-state index contributed by atoms with van der Waals surface area (Å²) in [6, 6.07) is 5.55. The number of benzene rings is 1. The Labute approximate surface area is 210 Å². The lowest BCUT2D eigenvalue weighted by atomic mass is 10.0. The molecule has 0 saturated carbocycles. The van der Waals surface area contributed by atoms with E-state index in [0.29, 0.717) is 44.3 Å². The van der Waals surface area contributed by atoms with E-state index < -0.39 is 5.97 Å². The fourth-order valence-electron chi connectivity index (χ4n) is 3.79. The van der Waals surface area contributed by atoms with Crippen LogP contribution < -0.4 is 4.89 Å². The molecule has 2 rings (SSSR count). The normalized spacial score (nSPS) is 15.8. The molecule has 0 N–H and O–H groups in total. The number of ether oxygens (including phenoxy) is 5. The average molecular weight is 497 g/mol. The number of carbonyl (C=O) groups excluding carboxylic acids is 1. The standard InChI is InChI=1S/C27H44O8/c1-3-4-5-6-7-8-11-23-13-14-25(24(22-23)27(28)29-2)35-34-21-19-31-17-16-30-18-20-33-26-12-9-10-15-32-26/h13-14,22,26H,3-12,15-21H2,1-2H3. The first-order valence-corrected chi connectivity index (χ1v) is 13.1. The Hall–Kier alpha value is -1.71. The Morgan fingerprint density at radius 3 is 2.43 bits per heavy atom. The zero-order chi connectivity index (χ0) is 25.0. The number of methoxy groups -OCH3 is 1. The van der Waals surface area contributed by atoms with Crippen LogP contribution in [0.25, 0.3) is 0 Å². The van der Waals surface area contributed by atoms with Crippen molar-refractivity contribution in [3.63, 3.8) is 0 Å². The van der Waals surface area contributed by atoms with Gasteiger partial charge in [-0.2, -0.15) is 4.89 Å². The molecule has 35 heavy (non-hydrogen) atoms. The highest BCUT2D eigenvalue weighted by Gasteiger charge is 2.15. The Morgan fingerprint density at radius 2 is 1.69 bits per heavy atom. The molecular formula is C27H44O8. The third kappa shape index (κ3) is 13.2. The second kappa shape index (κ2) is 19.5. The van der Waals surface area contributed by atoms with Crippen LogP contribution in [0.4, 0.5) is 0 Å². The van der Waals surface area contributed by atoms with Crippen LogP contribution in [0, 0.1) is 0 Å². The predicted octanol–water partition coefficient (Wildman–Crippen LogP) is 5.26. The average Bonchev–Trinajstić information content (AvgIpc) is 2.89. The third-order valence-corrected chi connectivity index (χ3v) is 5.77. The van der Waals surface area contributed by atoms with Gasteiger partial charge in [0.25, 0.3) is 0 Å². The van der Waals surface area contributed by atoms with Gasteiger partial charge in [-0.3, -0.25) is 0 Å². The fraction of sp³-hybridized carbons (Fsp3) is 0.741. The van der Waals surface area contributed by atoms with Gasteiger partial charge in [-0.1, -0.05) is 45.1 Å². The molecule has 0 spiro atoms. The van der Waals surface area contributed by atoms with Crippen LogP contribution in [0.2, 0.25) is 0 Å². The fourth-order valence-corrected chi connectivity index (χ4v) is 3.79. The molecule has 1 heterocycles. The molecule has 0 aliphatic carbocycles. The van der Waals surface area contributed by atoms with Crippen LogP contribution in [-0.4, -0.2) is 65.6 Å². The maximum atomic E-state index is 12.2. The Balaban J connectivity index is 1.55. The number of carbonyl (C=O) groups is 1. The highest BCUT2D eigenvalue weighted by Crippen LogP contribution is 2.23. The molecule has 1 aromatic carbocycles. The lowest BCUT2D eigenvalue weighted by molar-refractivity contribution is -0.216. The summed E-state index contributed by atoms with van der Waals surface area (Å²) in [6.07, 6.45) is 11.4. The van der Waals surface area contributed by atoms with Crippen LogP contribution in [0.3, 0.4) is 0 Å². The van der Waals surface area contributed by atoms with E-state index >= 15 is 0 Å². The van der Waals surface area contributed by atoms with Crippen molar-refractivity contribution < 1.29 is 38.3 Å². The molecule has 1 unspecified atom stereocenters. The third-order valence-electron chi connectivity index (χ3n) is 5.77. The monoisotopic (exact) mass is 496 g/mol. The van der Waals surface area contributed by atoms with Gasteiger partial charge < -0.3 is 28.6 Å². The highest BCUT2D eigenvalue weighted by molar-refractivity contribution is 5.92. The largest absolute Gasteiger partial charge is 0.465 e. The minimum atomic E-state index is -0.444. The van der Waals surface area contributed by atoms with E-state index in [-0.39, 0.29) is 12.9 Å². The lowest BCUT2D eigenvalue weighted by Crippen LogP contribution is -2.24. The summed E-state index contributed by atoms with van der Waals surface area (Å²) in [4.78, 5) is 22.8. The molecule has 0 bridgehead atoms. The summed E-state index contributed by atoms with van der Waals surface area (Å²) in [5.41, 5.74) is 1.46. The van der Waals surface area contributed by atoms with Crippen molar-refractivity contribution in [2.45, 2.75) is 77.4 Å². The molecule has 1 atom stereocenters. The van der Waals surface area contributed by atoms with E-state index in [1.165, 1.54) is 39.2 Å². The van der Waals surface area contributed by atoms with E-state index in [4.69, 9.17) is 33.5 Å². The van der Waals surface area contributed by atoms with E-state index in [9.17, 15) is 4.79 Å². The first-order chi connectivity index (χ1) is 17.2. The summed E-state index contributed by atoms with van der Waals surface area (Å²) < 4.78 is 27.0. The second-order valence-corrected chi connectivity index (χ2v) is 8.64. The molecule has 1 aliphatic rings. The molecule has 8 heteroatoms. The minimum Gasteiger partial charge on any atom is -0.465 e. The van der Waals surface area contributed by atoms with Gasteiger partial charge in [0.2, 0.25) is 0 Å². The topological polar surface area (TPSA) is 81.7 Å². The highest BCUT2D eigenvalue weighted by atomic mass is 17.2. The van der Waals surface area contributed by atoms with Gasteiger partial charge >= 0.3 is 5.97 Å². The van der Waals surface area contributed by atoms with E-state index in [0.717, 1.165) is 44.3 Å². The summed E-state index contributed by atoms with van der Waals surface area (Å²) in [5.74, 6) is -0.102. The maximum Gasteiger partial charge on any atom is 0.341 e. The zero-order valence-corrected chi connectivity index (χ0v) is 21.6.